The van der Waals surface area contributed by atoms with Crippen LogP contribution in [0.2, 0.25) is 0 Å². The molecule has 2 heterocycles. The van der Waals surface area contributed by atoms with Crippen molar-refractivity contribution in [3.8, 4) is 28.7 Å². The Morgan fingerprint density at radius 1 is 0.780 bits per heavy atom. The van der Waals surface area contributed by atoms with Crippen LogP contribution in [0.4, 0.5) is 5.69 Å². The predicted molar refractivity (Wildman–Crippen MR) is 159 cm³/mol. The summed E-state index contributed by atoms with van der Waals surface area (Å²) in [4.78, 5) is 31.0. The zero-order chi connectivity index (χ0) is 28.3. The van der Waals surface area contributed by atoms with Gasteiger partial charge in [0.1, 0.15) is 17.1 Å². The molecule has 0 radical (unpaired) electrons. The Morgan fingerprint density at radius 2 is 1.49 bits per heavy atom. The first-order valence-electron chi connectivity index (χ1n) is 12.9. The topological polar surface area (TPSA) is 91.7 Å². The molecular weight excluding hydrogens is 518 g/mol. The number of nitrogens with zero attached hydrogens (tertiary/aromatic N) is 2. The van der Waals surface area contributed by atoms with E-state index in [4.69, 9.17) is 14.2 Å². The number of anilines is 1. The van der Waals surface area contributed by atoms with Crippen LogP contribution in [0.5, 0.6) is 23.0 Å². The third kappa shape index (κ3) is 4.94. The van der Waals surface area contributed by atoms with Crippen LogP contribution in [-0.4, -0.2) is 29.7 Å². The summed E-state index contributed by atoms with van der Waals surface area (Å²) in [6.07, 6.45) is 3.24. The van der Waals surface area contributed by atoms with Crippen LogP contribution < -0.4 is 25.0 Å². The van der Waals surface area contributed by atoms with E-state index < -0.39 is 5.91 Å². The Hall–Kier alpha value is -5.63. The standard InChI is InChI=1S/C33H25N3O5/c1-39-30-18-25-27(19-31(30)40-2)34-17-16-29(25)41-23-14-12-21(13-15-23)35-33(38)26-20-36(22-8-4-3-5-9-22)28-11-7-6-10-24(28)32(26)37/h3-20H,1-2H3,(H,35,38). The molecule has 0 aliphatic carbocycles. The summed E-state index contributed by atoms with van der Waals surface area (Å²) in [6, 6.07) is 29.1. The fraction of sp³-hybridized carbons (Fsp3) is 0.0606. The van der Waals surface area contributed by atoms with Gasteiger partial charge in [0, 0.05) is 40.6 Å². The van der Waals surface area contributed by atoms with Crippen molar-refractivity contribution in [2.45, 2.75) is 0 Å². The second-order valence-corrected chi connectivity index (χ2v) is 9.21. The van der Waals surface area contributed by atoms with Gasteiger partial charge in [-0.05, 0) is 60.7 Å². The molecule has 8 heteroatoms. The highest BCUT2D eigenvalue weighted by Crippen LogP contribution is 2.37. The molecule has 8 nitrogen and oxygen atoms in total. The number of ether oxygens (including phenoxy) is 3. The molecule has 6 aromatic rings. The molecular formula is C33H25N3O5. The zero-order valence-corrected chi connectivity index (χ0v) is 22.3. The SMILES string of the molecule is COc1cc2nccc(Oc3ccc(NC(=O)c4cn(-c5ccccc5)c5ccccc5c4=O)cc3)c2cc1OC. The predicted octanol–water partition coefficient (Wildman–Crippen LogP) is 6.60. The van der Waals surface area contributed by atoms with E-state index in [2.05, 4.69) is 10.3 Å². The van der Waals surface area contributed by atoms with E-state index in [-0.39, 0.29) is 11.0 Å². The fourth-order valence-electron chi connectivity index (χ4n) is 4.71. The lowest BCUT2D eigenvalue weighted by atomic mass is 10.1. The molecule has 4 aromatic carbocycles. The molecule has 6 rings (SSSR count). The largest absolute Gasteiger partial charge is 0.493 e. The quantitative estimate of drug-likeness (QED) is 0.244. The number of carbonyl (C=O) groups excluding carboxylic acids is 1. The average Bonchev–Trinajstić information content (AvgIpc) is 3.02. The Morgan fingerprint density at radius 3 is 2.24 bits per heavy atom. The number of amides is 1. The summed E-state index contributed by atoms with van der Waals surface area (Å²) in [6.45, 7) is 0. The number of aromatic nitrogens is 2. The summed E-state index contributed by atoms with van der Waals surface area (Å²) < 4.78 is 18.8. The van der Waals surface area contributed by atoms with Gasteiger partial charge < -0.3 is 24.1 Å². The molecule has 0 unspecified atom stereocenters. The highest BCUT2D eigenvalue weighted by atomic mass is 16.5. The number of benzene rings is 4. The van der Waals surface area contributed by atoms with Gasteiger partial charge in [-0.2, -0.15) is 0 Å². The summed E-state index contributed by atoms with van der Waals surface area (Å²) in [7, 11) is 3.14. The average molecular weight is 544 g/mol. The molecule has 41 heavy (non-hydrogen) atoms. The number of rotatable bonds is 7. The second-order valence-electron chi connectivity index (χ2n) is 9.21. The van der Waals surface area contributed by atoms with Crippen molar-refractivity contribution < 1.29 is 19.0 Å². The summed E-state index contributed by atoms with van der Waals surface area (Å²) >= 11 is 0. The van der Waals surface area contributed by atoms with Crippen molar-refractivity contribution >= 4 is 33.4 Å². The summed E-state index contributed by atoms with van der Waals surface area (Å²) in [5.74, 6) is 1.79. The van der Waals surface area contributed by atoms with E-state index in [1.54, 1.807) is 75.1 Å². The number of hydrogen-bond acceptors (Lipinski definition) is 6. The van der Waals surface area contributed by atoms with Crippen LogP contribution in [0, 0.1) is 0 Å². The van der Waals surface area contributed by atoms with Gasteiger partial charge >= 0.3 is 0 Å². The molecule has 202 valence electrons. The van der Waals surface area contributed by atoms with Gasteiger partial charge in [0.2, 0.25) is 5.43 Å². The van der Waals surface area contributed by atoms with E-state index in [1.165, 1.54) is 0 Å². The van der Waals surface area contributed by atoms with E-state index in [0.717, 1.165) is 16.6 Å². The van der Waals surface area contributed by atoms with Crippen molar-refractivity contribution in [2.75, 3.05) is 19.5 Å². The highest BCUT2D eigenvalue weighted by molar-refractivity contribution is 6.06. The number of fused-ring (bicyclic) bond motifs is 2. The van der Waals surface area contributed by atoms with E-state index in [0.29, 0.717) is 39.6 Å². The number of nitrogens with one attached hydrogen (secondary N) is 1. The van der Waals surface area contributed by atoms with Crippen molar-refractivity contribution in [1.29, 1.82) is 0 Å². The van der Waals surface area contributed by atoms with Gasteiger partial charge in [0.05, 0.1) is 25.3 Å². The first kappa shape index (κ1) is 25.6. The van der Waals surface area contributed by atoms with Gasteiger partial charge in [-0.1, -0.05) is 30.3 Å². The van der Waals surface area contributed by atoms with Crippen molar-refractivity contribution in [3.05, 3.63) is 125 Å². The molecule has 0 atom stereocenters. The van der Waals surface area contributed by atoms with Crippen LogP contribution in [0.15, 0.2) is 114 Å². The van der Waals surface area contributed by atoms with Crippen molar-refractivity contribution in [1.82, 2.24) is 9.55 Å². The first-order valence-corrected chi connectivity index (χ1v) is 12.9. The van der Waals surface area contributed by atoms with E-state index >= 15 is 0 Å². The number of pyridine rings is 2. The Labute approximate surface area is 235 Å². The Kier molecular flexibility index (Phi) is 6.79. The first-order chi connectivity index (χ1) is 20.1. The minimum absolute atomic E-state index is 0.0421. The summed E-state index contributed by atoms with van der Waals surface area (Å²) in [5, 5.41) is 4.06. The molecule has 0 aliphatic rings. The van der Waals surface area contributed by atoms with Gasteiger partial charge in [-0.15, -0.1) is 0 Å². The monoisotopic (exact) mass is 543 g/mol. The molecule has 1 amide bonds. The number of hydrogen-bond donors (Lipinski definition) is 1. The van der Waals surface area contributed by atoms with Gasteiger partial charge in [-0.25, -0.2) is 0 Å². The summed E-state index contributed by atoms with van der Waals surface area (Å²) in [5.41, 5.74) is 2.50. The molecule has 0 bridgehead atoms. The van der Waals surface area contributed by atoms with Gasteiger partial charge in [0.15, 0.2) is 11.5 Å². The lowest BCUT2D eigenvalue weighted by Gasteiger charge is -2.14. The maximum absolute atomic E-state index is 13.3. The van der Waals surface area contributed by atoms with Crippen molar-refractivity contribution in [2.24, 2.45) is 0 Å². The normalized spacial score (nSPS) is 10.9. The zero-order valence-electron chi connectivity index (χ0n) is 22.3. The minimum atomic E-state index is -0.500. The third-order valence-corrected chi connectivity index (χ3v) is 6.74. The number of para-hydroxylation sites is 2. The van der Waals surface area contributed by atoms with Gasteiger partial charge in [-0.3, -0.25) is 14.6 Å². The second kappa shape index (κ2) is 10.9. The van der Waals surface area contributed by atoms with Gasteiger partial charge in [0.25, 0.3) is 5.91 Å². The van der Waals surface area contributed by atoms with E-state index in [1.807, 2.05) is 53.1 Å². The maximum Gasteiger partial charge on any atom is 0.261 e. The number of methoxy groups -OCH3 is 2. The molecule has 0 fully saturated rings. The molecule has 0 saturated heterocycles. The van der Waals surface area contributed by atoms with Crippen LogP contribution >= 0.6 is 0 Å². The molecule has 0 spiro atoms. The fourth-order valence-corrected chi connectivity index (χ4v) is 4.71. The smallest absolute Gasteiger partial charge is 0.261 e. The van der Waals surface area contributed by atoms with Crippen LogP contribution in [0.3, 0.4) is 0 Å². The lowest BCUT2D eigenvalue weighted by Crippen LogP contribution is -2.23. The molecule has 0 saturated carbocycles. The maximum atomic E-state index is 13.3. The lowest BCUT2D eigenvalue weighted by molar-refractivity contribution is 0.102. The number of carbonyl (C=O) groups is 1. The molecule has 2 aromatic heterocycles. The molecule has 1 N–H and O–H groups in total. The minimum Gasteiger partial charge on any atom is -0.493 e. The molecule has 0 aliphatic heterocycles. The van der Waals surface area contributed by atoms with E-state index in [9.17, 15) is 9.59 Å². The van der Waals surface area contributed by atoms with Crippen LogP contribution in [0.25, 0.3) is 27.5 Å². The van der Waals surface area contributed by atoms with Crippen LogP contribution in [0.1, 0.15) is 10.4 Å². The highest BCUT2D eigenvalue weighted by Gasteiger charge is 2.17. The Bertz CT molecular complexity index is 1950. The van der Waals surface area contributed by atoms with Crippen LogP contribution in [-0.2, 0) is 0 Å². The Balaban J connectivity index is 1.27. The third-order valence-electron chi connectivity index (χ3n) is 6.74. The van der Waals surface area contributed by atoms with Crippen molar-refractivity contribution in [3.63, 3.8) is 0 Å².